The molecule has 5 nitrogen and oxygen atoms in total. The third kappa shape index (κ3) is 1.09. The Morgan fingerprint density at radius 2 is 2.23 bits per heavy atom. The van der Waals surface area contributed by atoms with Gasteiger partial charge in [0.1, 0.15) is 0 Å². The van der Waals surface area contributed by atoms with Crippen molar-refractivity contribution in [1.82, 2.24) is 14.0 Å². The van der Waals surface area contributed by atoms with Gasteiger partial charge in [-0.25, -0.2) is 0 Å². The molecular weight excluding hydrogens is 170 g/mol. The lowest BCUT2D eigenvalue weighted by molar-refractivity contribution is 0.397. The zero-order valence-corrected chi connectivity index (χ0v) is 7.39. The lowest BCUT2D eigenvalue weighted by Gasteiger charge is -1.99. The Morgan fingerprint density at radius 1 is 1.46 bits per heavy atom. The van der Waals surface area contributed by atoms with E-state index < -0.39 is 0 Å². The van der Waals surface area contributed by atoms with Crippen molar-refractivity contribution >= 4 is 5.78 Å². The number of rotatable bonds is 1. The van der Waals surface area contributed by atoms with Crippen LogP contribution in [0.2, 0.25) is 0 Å². The van der Waals surface area contributed by atoms with E-state index >= 15 is 0 Å². The molecule has 0 aliphatic heterocycles. The number of imidazole rings is 1. The maximum atomic E-state index is 11.4. The molecule has 0 N–H and O–H groups in total. The molecule has 2 rings (SSSR count). The minimum absolute atomic E-state index is 0.137. The van der Waals surface area contributed by atoms with E-state index in [0.717, 1.165) is 0 Å². The largest absolute Gasteiger partial charge is 0.481 e. The molecule has 5 heteroatoms. The second kappa shape index (κ2) is 2.62. The fourth-order valence-corrected chi connectivity index (χ4v) is 1.19. The molecule has 2 heterocycles. The van der Waals surface area contributed by atoms with Gasteiger partial charge in [-0.15, -0.1) is 0 Å². The van der Waals surface area contributed by atoms with Gasteiger partial charge in [-0.2, -0.15) is 4.98 Å². The van der Waals surface area contributed by atoms with Gasteiger partial charge < -0.3 is 9.30 Å². The van der Waals surface area contributed by atoms with E-state index in [1.807, 2.05) is 7.05 Å². The molecule has 0 aliphatic carbocycles. The summed E-state index contributed by atoms with van der Waals surface area (Å²) in [5.41, 5.74) is -0.137. The number of fused-ring (bicyclic) bond motifs is 1. The summed E-state index contributed by atoms with van der Waals surface area (Å²) in [7, 11) is 3.31. The molecule has 0 amide bonds. The Labute approximate surface area is 74.2 Å². The highest BCUT2D eigenvalue weighted by Crippen LogP contribution is 2.04. The summed E-state index contributed by atoms with van der Waals surface area (Å²) in [4.78, 5) is 15.5. The van der Waals surface area contributed by atoms with Crippen LogP contribution in [0.3, 0.4) is 0 Å². The lowest BCUT2D eigenvalue weighted by Crippen LogP contribution is -2.13. The third-order valence-electron chi connectivity index (χ3n) is 1.87. The van der Waals surface area contributed by atoms with Crippen molar-refractivity contribution in [3.05, 3.63) is 28.8 Å². The maximum Gasteiger partial charge on any atom is 0.262 e. The van der Waals surface area contributed by atoms with Crippen molar-refractivity contribution in [2.75, 3.05) is 7.11 Å². The number of hydrogen-bond donors (Lipinski definition) is 0. The van der Waals surface area contributed by atoms with Crippen LogP contribution >= 0.6 is 0 Å². The molecule has 0 unspecified atom stereocenters. The van der Waals surface area contributed by atoms with Crippen molar-refractivity contribution < 1.29 is 4.74 Å². The highest BCUT2D eigenvalue weighted by atomic mass is 16.5. The van der Waals surface area contributed by atoms with Gasteiger partial charge in [0, 0.05) is 19.4 Å². The van der Waals surface area contributed by atoms with Crippen LogP contribution in [0.4, 0.5) is 0 Å². The minimum Gasteiger partial charge on any atom is -0.481 e. The highest BCUT2D eigenvalue weighted by Gasteiger charge is 2.03. The Morgan fingerprint density at radius 3 is 2.92 bits per heavy atom. The molecule has 0 spiro atoms. The summed E-state index contributed by atoms with van der Waals surface area (Å²) in [6.07, 6.45) is 3.44. The van der Waals surface area contributed by atoms with Crippen LogP contribution in [-0.2, 0) is 7.05 Å². The molecule has 2 aromatic heterocycles. The lowest BCUT2D eigenvalue weighted by atomic mass is 10.6. The molecule has 0 aliphatic rings. The maximum absolute atomic E-state index is 11.4. The van der Waals surface area contributed by atoms with E-state index in [9.17, 15) is 4.79 Å². The van der Waals surface area contributed by atoms with Crippen LogP contribution in [0.25, 0.3) is 5.78 Å². The van der Waals surface area contributed by atoms with Gasteiger partial charge >= 0.3 is 0 Å². The highest BCUT2D eigenvalue weighted by molar-refractivity contribution is 5.32. The summed E-state index contributed by atoms with van der Waals surface area (Å²) < 4.78 is 8.10. The smallest absolute Gasteiger partial charge is 0.262 e. The Bertz CT molecular complexity index is 498. The first-order chi connectivity index (χ1) is 6.22. The summed E-state index contributed by atoms with van der Waals surface area (Å²) in [6, 6.07) is 1.35. The Balaban J connectivity index is 2.88. The average Bonchev–Trinajstić information content (AvgIpc) is 2.48. The van der Waals surface area contributed by atoms with Gasteiger partial charge in [0.2, 0.25) is 11.7 Å². The van der Waals surface area contributed by atoms with Crippen molar-refractivity contribution in [3.63, 3.8) is 0 Å². The molecule has 0 atom stereocenters. The molecule has 2 aromatic rings. The number of nitrogens with zero attached hydrogens (tertiary/aromatic N) is 3. The van der Waals surface area contributed by atoms with E-state index in [1.54, 1.807) is 17.0 Å². The van der Waals surface area contributed by atoms with Gasteiger partial charge in [0.15, 0.2) is 0 Å². The fourth-order valence-electron chi connectivity index (χ4n) is 1.19. The van der Waals surface area contributed by atoms with Crippen LogP contribution in [0, 0.1) is 0 Å². The number of aryl methyl sites for hydroxylation is 1. The van der Waals surface area contributed by atoms with E-state index in [4.69, 9.17) is 4.74 Å². The predicted octanol–water partition coefficient (Wildman–Crippen LogP) is 0.0416. The predicted molar refractivity (Wildman–Crippen MR) is 47.0 cm³/mol. The van der Waals surface area contributed by atoms with E-state index in [1.165, 1.54) is 17.6 Å². The van der Waals surface area contributed by atoms with Crippen LogP contribution < -0.4 is 10.3 Å². The molecular formula is C8H9N3O2. The summed E-state index contributed by atoms with van der Waals surface area (Å²) in [5, 5.41) is 0. The zero-order valence-electron chi connectivity index (χ0n) is 7.39. The van der Waals surface area contributed by atoms with Crippen LogP contribution in [-0.4, -0.2) is 21.1 Å². The second-order valence-corrected chi connectivity index (χ2v) is 2.72. The SMILES string of the molecule is COc1cc(=O)n2ccn(C)c2n1. The number of aromatic nitrogens is 3. The van der Waals surface area contributed by atoms with E-state index in [0.29, 0.717) is 11.7 Å². The van der Waals surface area contributed by atoms with Gasteiger partial charge in [0.05, 0.1) is 13.2 Å². The molecule has 0 saturated heterocycles. The number of hydrogen-bond acceptors (Lipinski definition) is 3. The van der Waals surface area contributed by atoms with Gasteiger partial charge in [-0.1, -0.05) is 0 Å². The summed E-state index contributed by atoms with van der Waals surface area (Å²) >= 11 is 0. The summed E-state index contributed by atoms with van der Waals surface area (Å²) in [6.45, 7) is 0. The summed E-state index contributed by atoms with van der Waals surface area (Å²) in [5.74, 6) is 0.913. The second-order valence-electron chi connectivity index (χ2n) is 2.72. The van der Waals surface area contributed by atoms with E-state index in [2.05, 4.69) is 4.98 Å². The quantitative estimate of drug-likeness (QED) is 0.621. The van der Waals surface area contributed by atoms with Crippen molar-refractivity contribution in [2.24, 2.45) is 7.05 Å². The Kier molecular flexibility index (Phi) is 1.58. The first-order valence-corrected chi connectivity index (χ1v) is 3.81. The molecule has 0 aromatic carbocycles. The van der Waals surface area contributed by atoms with Gasteiger partial charge in [-0.05, 0) is 0 Å². The molecule has 68 valence electrons. The van der Waals surface area contributed by atoms with Crippen molar-refractivity contribution in [2.45, 2.75) is 0 Å². The van der Waals surface area contributed by atoms with Crippen LogP contribution in [0.15, 0.2) is 23.3 Å². The first kappa shape index (κ1) is 7.85. The third-order valence-corrected chi connectivity index (χ3v) is 1.87. The molecule has 0 fully saturated rings. The monoisotopic (exact) mass is 179 g/mol. The molecule has 0 bridgehead atoms. The normalized spacial score (nSPS) is 10.6. The standard InChI is InChI=1S/C8H9N3O2/c1-10-3-4-11-7(12)5-6(13-2)9-8(10)11/h3-5H,1-2H3. The van der Waals surface area contributed by atoms with E-state index in [-0.39, 0.29) is 5.56 Å². The molecule has 0 radical (unpaired) electrons. The van der Waals surface area contributed by atoms with Crippen molar-refractivity contribution in [3.8, 4) is 5.88 Å². The van der Waals surface area contributed by atoms with Crippen LogP contribution in [0.1, 0.15) is 0 Å². The number of methoxy groups -OCH3 is 1. The average molecular weight is 179 g/mol. The van der Waals surface area contributed by atoms with Crippen LogP contribution in [0.5, 0.6) is 5.88 Å². The fraction of sp³-hybridized carbons (Fsp3) is 0.250. The molecule has 13 heavy (non-hydrogen) atoms. The zero-order chi connectivity index (χ0) is 9.42. The topological polar surface area (TPSA) is 48.5 Å². The Hall–Kier alpha value is -1.78. The van der Waals surface area contributed by atoms with Crippen molar-refractivity contribution in [1.29, 1.82) is 0 Å². The first-order valence-electron chi connectivity index (χ1n) is 3.81. The minimum atomic E-state index is -0.137. The number of ether oxygens (including phenoxy) is 1. The van der Waals surface area contributed by atoms with Gasteiger partial charge in [-0.3, -0.25) is 9.20 Å². The molecule has 0 saturated carbocycles. The van der Waals surface area contributed by atoms with Gasteiger partial charge in [0.25, 0.3) is 5.56 Å².